The van der Waals surface area contributed by atoms with E-state index in [1.807, 2.05) is 11.8 Å². The molecule has 2 rings (SSSR count). The van der Waals surface area contributed by atoms with Crippen LogP contribution < -0.4 is 5.32 Å². The van der Waals surface area contributed by atoms with Gasteiger partial charge in [0.25, 0.3) is 0 Å². The van der Waals surface area contributed by atoms with Crippen LogP contribution in [0.15, 0.2) is 0 Å². The average molecular weight is 287 g/mol. The quantitative estimate of drug-likeness (QED) is 0.813. The largest absolute Gasteiger partial charge is 0.377 e. The summed E-state index contributed by atoms with van der Waals surface area (Å²) in [5, 5.41) is 3.66. The van der Waals surface area contributed by atoms with Gasteiger partial charge in [0.2, 0.25) is 0 Å². The van der Waals surface area contributed by atoms with Gasteiger partial charge in [-0.15, -0.1) is 0 Å². The molecular formula is C15H29NO2S. The van der Waals surface area contributed by atoms with Gasteiger partial charge in [-0.2, -0.15) is 11.8 Å². The van der Waals surface area contributed by atoms with Crippen LogP contribution in [0.1, 0.15) is 40.0 Å². The Bertz CT molecular complexity index is 269. The molecule has 2 aliphatic heterocycles. The van der Waals surface area contributed by atoms with Crippen molar-refractivity contribution < 1.29 is 9.47 Å². The van der Waals surface area contributed by atoms with E-state index in [1.54, 1.807) is 0 Å². The lowest BCUT2D eigenvalue weighted by Crippen LogP contribution is -2.51. The molecule has 2 fully saturated rings. The number of thioether (sulfide) groups is 1. The van der Waals surface area contributed by atoms with E-state index in [0.29, 0.717) is 18.1 Å². The van der Waals surface area contributed by atoms with Crippen molar-refractivity contribution in [3.8, 4) is 0 Å². The summed E-state index contributed by atoms with van der Waals surface area (Å²) in [4.78, 5) is 0. The average Bonchev–Trinajstić information content (AvgIpc) is 2.84. The van der Waals surface area contributed by atoms with Crippen LogP contribution in [-0.2, 0) is 9.47 Å². The summed E-state index contributed by atoms with van der Waals surface area (Å²) in [5.74, 6) is 3.14. The number of hydrogen-bond donors (Lipinski definition) is 1. The first-order chi connectivity index (χ1) is 9.21. The molecule has 0 radical (unpaired) electrons. The molecule has 4 heteroatoms. The minimum absolute atomic E-state index is 0.174. The second-order valence-corrected chi connectivity index (χ2v) is 6.94. The van der Waals surface area contributed by atoms with E-state index in [2.05, 4.69) is 26.1 Å². The van der Waals surface area contributed by atoms with Gasteiger partial charge in [0.1, 0.15) is 0 Å². The fraction of sp³-hybridized carbons (Fsp3) is 1.00. The first-order valence-electron chi connectivity index (χ1n) is 7.77. The second-order valence-electron chi connectivity index (χ2n) is 5.83. The standard InChI is InChI=1S/C15H29NO2S/c1-4-16-14(12(3)17-5-2)13-6-8-18-15(10-13)7-9-19-11-15/h12-14,16H,4-11H2,1-3H3. The Kier molecular flexibility index (Phi) is 6.00. The van der Waals surface area contributed by atoms with E-state index in [0.717, 1.165) is 19.8 Å². The van der Waals surface area contributed by atoms with Gasteiger partial charge in [0, 0.05) is 25.0 Å². The van der Waals surface area contributed by atoms with Crippen LogP contribution in [0.3, 0.4) is 0 Å². The zero-order chi connectivity index (χ0) is 13.7. The molecule has 19 heavy (non-hydrogen) atoms. The van der Waals surface area contributed by atoms with Crippen LogP contribution in [0, 0.1) is 5.92 Å². The van der Waals surface area contributed by atoms with Crippen molar-refractivity contribution in [1.82, 2.24) is 5.32 Å². The summed E-state index contributed by atoms with van der Waals surface area (Å²) >= 11 is 2.05. The number of ether oxygens (including phenoxy) is 2. The van der Waals surface area contributed by atoms with E-state index in [1.165, 1.54) is 30.8 Å². The third-order valence-electron chi connectivity index (χ3n) is 4.48. The van der Waals surface area contributed by atoms with Gasteiger partial charge in [0.05, 0.1) is 11.7 Å². The Morgan fingerprint density at radius 1 is 1.47 bits per heavy atom. The number of hydrogen-bond acceptors (Lipinski definition) is 4. The van der Waals surface area contributed by atoms with E-state index >= 15 is 0 Å². The summed E-state index contributed by atoms with van der Waals surface area (Å²) in [6.07, 6.45) is 3.89. The summed E-state index contributed by atoms with van der Waals surface area (Å²) < 4.78 is 12.0. The van der Waals surface area contributed by atoms with E-state index in [9.17, 15) is 0 Å². The molecule has 2 aliphatic rings. The molecular weight excluding hydrogens is 258 g/mol. The first kappa shape index (κ1) is 15.6. The second kappa shape index (κ2) is 7.30. The maximum Gasteiger partial charge on any atom is 0.0783 e. The lowest BCUT2D eigenvalue weighted by molar-refractivity contribution is -0.0956. The summed E-state index contributed by atoms with van der Waals surface area (Å²) in [6, 6.07) is 0.469. The molecule has 0 amide bonds. The maximum absolute atomic E-state index is 6.14. The van der Waals surface area contributed by atoms with Crippen molar-refractivity contribution in [2.45, 2.75) is 57.8 Å². The zero-order valence-electron chi connectivity index (χ0n) is 12.6. The minimum Gasteiger partial charge on any atom is -0.377 e. The highest BCUT2D eigenvalue weighted by Crippen LogP contribution is 2.41. The summed E-state index contributed by atoms with van der Waals surface area (Å²) in [6.45, 7) is 9.22. The van der Waals surface area contributed by atoms with Crippen LogP contribution in [0.5, 0.6) is 0 Å². The third-order valence-corrected chi connectivity index (χ3v) is 5.70. The van der Waals surface area contributed by atoms with Gasteiger partial charge in [-0.1, -0.05) is 6.92 Å². The molecule has 0 aliphatic carbocycles. The molecule has 2 saturated heterocycles. The Labute approximate surface area is 122 Å². The molecule has 0 saturated carbocycles. The van der Waals surface area contributed by atoms with Crippen molar-refractivity contribution in [2.24, 2.45) is 5.92 Å². The lowest BCUT2D eigenvalue weighted by Gasteiger charge is -2.42. The van der Waals surface area contributed by atoms with Gasteiger partial charge in [-0.3, -0.25) is 0 Å². The Balaban J connectivity index is 1.99. The first-order valence-corrected chi connectivity index (χ1v) is 8.93. The third kappa shape index (κ3) is 3.87. The fourth-order valence-electron chi connectivity index (χ4n) is 3.55. The minimum atomic E-state index is 0.174. The topological polar surface area (TPSA) is 30.5 Å². The summed E-state index contributed by atoms with van der Waals surface area (Å²) in [7, 11) is 0. The Morgan fingerprint density at radius 3 is 2.95 bits per heavy atom. The van der Waals surface area contributed by atoms with Crippen molar-refractivity contribution in [2.75, 3.05) is 31.3 Å². The molecule has 2 heterocycles. The molecule has 0 aromatic heterocycles. The predicted octanol–water partition coefficient (Wildman–Crippen LogP) is 2.69. The zero-order valence-corrected chi connectivity index (χ0v) is 13.4. The van der Waals surface area contributed by atoms with Gasteiger partial charge in [-0.25, -0.2) is 0 Å². The Morgan fingerprint density at radius 2 is 2.32 bits per heavy atom. The number of rotatable bonds is 6. The van der Waals surface area contributed by atoms with Crippen LogP contribution in [0.25, 0.3) is 0 Å². The highest BCUT2D eigenvalue weighted by Gasteiger charge is 2.43. The highest BCUT2D eigenvalue weighted by atomic mass is 32.2. The van der Waals surface area contributed by atoms with Crippen LogP contribution >= 0.6 is 11.8 Å². The predicted molar refractivity (Wildman–Crippen MR) is 81.9 cm³/mol. The van der Waals surface area contributed by atoms with Gasteiger partial charge < -0.3 is 14.8 Å². The molecule has 4 unspecified atom stereocenters. The summed E-state index contributed by atoms with van der Waals surface area (Å²) in [5.41, 5.74) is 0.174. The van der Waals surface area contributed by atoms with Crippen molar-refractivity contribution >= 4 is 11.8 Å². The smallest absolute Gasteiger partial charge is 0.0783 e. The van der Waals surface area contributed by atoms with Crippen LogP contribution in [0.2, 0.25) is 0 Å². The monoisotopic (exact) mass is 287 g/mol. The SMILES string of the molecule is CCNC(C1CCOC2(CCSC2)C1)C(C)OCC. The molecule has 1 N–H and O–H groups in total. The van der Waals surface area contributed by atoms with Crippen LogP contribution in [0.4, 0.5) is 0 Å². The lowest BCUT2D eigenvalue weighted by atomic mass is 9.79. The number of nitrogens with one attached hydrogen (secondary N) is 1. The highest BCUT2D eigenvalue weighted by molar-refractivity contribution is 7.99. The van der Waals surface area contributed by atoms with Crippen molar-refractivity contribution in [3.05, 3.63) is 0 Å². The van der Waals surface area contributed by atoms with Gasteiger partial charge >= 0.3 is 0 Å². The van der Waals surface area contributed by atoms with Gasteiger partial charge in [0.15, 0.2) is 0 Å². The molecule has 0 aromatic carbocycles. The van der Waals surface area contributed by atoms with Crippen molar-refractivity contribution in [3.63, 3.8) is 0 Å². The molecule has 0 bridgehead atoms. The maximum atomic E-state index is 6.14. The van der Waals surface area contributed by atoms with Crippen LogP contribution in [-0.4, -0.2) is 49.0 Å². The van der Waals surface area contributed by atoms with E-state index in [4.69, 9.17) is 9.47 Å². The number of likely N-dealkylation sites (N-methyl/N-ethyl adjacent to an activating group) is 1. The van der Waals surface area contributed by atoms with E-state index < -0.39 is 0 Å². The molecule has 1 spiro atoms. The molecule has 112 valence electrons. The molecule has 0 aromatic rings. The van der Waals surface area contributed by atoms with E-state index in [-0.39, 0.29) is 5.60 Å². The Hall–Kier alpha value is 0.230. The molecule has 4 atom stereocenters. The molecule has 3 nitrogen and oxygen atoms in total. The van der Waals surface area contributed by atoms with Gasteiger partial charge in [-0.05, 0) is 51.3 Å². The van der Waals surface area contributed by atoms with Crippen molar-refractivity contribution in [1.29, 1.82) is 0 Å². The normalized spacial score (nSPS) is 34.6. The fourth-order valence-corrected chi connectivity index (χ4v) is 4.93.